The van der Waals surface area contributed by atoms with Gasteiger partial charge in [0.25, 0.3) is 0 Å². The molecule has 0 N–H and O–H groups in total. The number of halogens is 1. The molecule has 8 heavy (non-hydrogen) atoms. The number of hydrogen-bond acceptors (Lipinski definition) is 3. The van der Waals surface area contributed by atoms with Gasteiger partial charge in [0.05, 0.1) is 9.98 Å². The lowest BCUT2D eigenvalue weighted by molar-refractivity contribution is 1.35. The average Bonchev–Trinajstić information content (AvgIpc) is 2.14. The Balaban J connectivity index is 3.05. The smallest absolute Gasteiger partial charge is 0.195 e. The summed E-state index contributed by atoms with van der Waals surface area (Å²) in [5.41, 5.74) is 0. The van der Waals surface area contributed by atoms with Crippen molar-refractivity contribution >= 4 is 27.3 Å². The zero-order chi connectivity index (χ0) is 5.98. The van der Waals surface area contributed by atoms with Gasteiger partial charge in [-0.05, 0) is 15.9 Å². The van der Waals surface area contributed by atoms with E-state index in [4.69, 9.17) is 5.26 Å². The van der Waals surface area contributed by atoms with Gasteiger partial charge in [0.1, 0.15) is 6.07 Å². The van der Waals surface area contributed by atoms with Crippen molar-refractivity contribution in [3.05, 3.63) is 15.0 Å². The second kappa shape index (κ2) is 2.25. The standard InChI is InChI=1S/C4HBrN2S/c5-3-2-7-4(1-6)8-3/h2H/i1+1,6+1. The molecule has 0 saturated heterocycles. The van der Waals surface area contributed by atoms with Crippen LogP contribution in [0.4, 0.5) is 0 Å². The Morgan fingerprint density at radius 3 is 2.88 bits per heavy atom. The van der Waals surface area contributed by atoms with E-state index in [0.717, 1.165) is 3.79 Å². The first-order valence-electron chi connectivity index (χ1n) is 1.84. The van der Waals surface area contributed by atoms with Gasteiger partial charge in [0.15, 0.2) is 5.01 Å². The van der Waals surface area contributed by atoms with E-state index in [1.807, 2.05) is 6.07 Å². The fourth-order valence-electron chi connectivity index (χ4n) is 0.306. The molecule has 1 aromatic heterocycles. The molecule has 0 saturated carbocycles. The molecule has 1 heterocycles. The third-order valence-electron chi connectivity index (χ3n) is 0.573. The van der Waals surface area contributed by atoms with Crippen LogP contribution in [0.1, 0.15) is 5.01 Å². The maximum Gasteiger partial charge on any atom is 0.195 e. The maximum atomic E-state index is 8.23. The molecule has 0 aliphatic carbocycles. The molecule has 0 amide bonds. The summed E-state index contributed by atoms with van der Waals surface area (Å²) >= 11 is 4.51. The highest BCUT2D eigenvalue weighted by molar-refractivity contribution is 9.11. The molecule has 40 valence electrons. The normalized spacial score (nSPS) is 8.50. The number of aromatic nitrogens is 1. The van der Waals surface area contributed by atoms with Crippen molar-refractivity contribution in [1.29, 1.82) is 5.26 Å². The van der Waals surface area contributed by atoms with Crippen LogP contribution < -0.4 is 0 Å². The molecular weight excluding hydrogens is 190 g/mol. The lowest BCUT2D eigenvalue weighted by Gasteiger charge is -1.64. The second-order valence-electron chi connectivity index (χ2n) is 1.08. The van der Waals surface area contributed by atoms with Gasteiger partial charge < -0.3 is 0 Å². The summed E-state index contributed by atoms with van der Waals surface area (Å²) in [6, 6.07) is 1.93. The topological polar surface area (TPSA) is 36.7 Å². The van der Waals surface area contributed by atoms with Gasteiger partial charge in [0.2, 0.25) is 0 Å². The Morgan fingerprint density at radius 1 is 1.88 bits per heavy atom. The van der Waals surface area contributed by atoms with Crippen LogP contribution in [-0.4, -0.2) is 4.98 Å². The van der Waals surface area contributed by atoms with Crippen molar-refractivity contribution < 1.29 is 0 Å². The van der Waals surface area contributed by atoms with Gasteiger partial charge in [-0.3, -0.25) is 0 Å². The third kappa shape index (κ3) is 1.05. The fourth-order valence-corrected chi connectivity index (χ4v) is 1.31. The summed E-state index contributed by atoms with van der Waals surface area (Å²) in [6.45, 7) is 0. The molecule has 2 nitrogen and oxygen atoms in total. The van der Waals surface area contributed by atoms with Crippen molar-refractivity contribution in [3.63, 3.8) is 0 Å². The average molecular weight is 191 g/mol. The van der Waals surface area contributed by atoms with E-state index in [2.05, 4.69) is 20.9 Å². The van der Waals surface area contributed by atoms with Gasteiger partial charge in [-0.15, -0.1) is 0 Å². The fraction of sp³-hybridized carbons (Fsp3) is 0. The van der Waals surface area contributed by atoms with Crippen LogP contribution in [0.15, 0.2) is 9.98 Å². The highest BCUT2D eigenvalue weighted by Crippen LogP contribution is 2.17. The minimum Gasteiger partial charge on any atom is -0.233 e. The summed E-state index contributed by atoms with van der Waals surface area (Å²) in [7, 11) is 0. The van der Waals surface area contributed by atoms with E-state index in [9.17, 15) is 0 Å². The van der Waals surface area contributed by atoms with E-state index >= 15 is 0 Å². The van der Waals surface area contributed by atoms with Crippen LogP contribution in [0.3, 0.4) is 0 Å². The molecule has 0 spiro atoms. The third-order valence-corrected chi connectivity index (χ3v) is 1.95. The Kier molecular flexibility index (Phi) is 1.61. The van der Waals surface area contributed by atoms with Crippen LogP contribution in [0.5, 0.6) is 0 Å². The van der Waals surface area contributed by atoms with E-state index in [0.29, 0.717) is 5.01 Å². The summed E-state index contributed by atoms with van der Waals surface area (Å²) in [5.74, 6) is 0. The molecule has 1 aromatic rings. The Labute approximate surface area is 58.9 Å². The molecule has 4 heteroatoms. The summed E-state index contributed by atoms with van der Waals surface area (Å²) < 4.78 is 0.897. The van der Waals surface area contributed by atoms with Crippen molar-refractivity contribution in [2.75, 3.05) is 0 Å². The molecule has 0 unspecified atom stereocenters. The molecule has 0 radical (unpaired) electrons. The van der Waals surface area contributed by atoms with Crippen LogP contribution in [0.25, 0.3) is 0 Å². The van der Waals surface area contributed by atoms with Gasteiger partial charge >= 0.3 is 0 Å². The van der Waals surface area contributed by atoms with Crippen LogP contribution in [0, 0.1) is 11.3 Å². The first-order chi connectivity index (χ1) is 3.83. The van der Waals surface area contributed by atoms with Gasteiger partial charge in [0, 0.05) is 0 Å². The highest BCUT2D eigenvalue weighted by Gasteiger charge is 1.93. The lowest BCUT2D eigenvalue weighted by Crippen LogP contribution is -1.61. The minimum absolute atomic E-state index is 0.497. The molecule has 0 fully saturated rings. The number of thiazole rings is 1. The highest BCUT2D eigenvalue weighted by atomic mass is 79.9. The molecule has 1 rings (SSSR count). The first kappa shape index (κ1) is 5.73. The maximum absolute atomic E-state index is 8.23. The predicted molar refractivity (Wildman–Crippen MR) is 34.5 cm³/mol. The Hall–Kier alpha value is -0.400. The molecule has 0 aliphatic heterocycles. The van der Waals surface area contributed by atoms with E-state index in [1.165, 1.54) is 11.3 Å². The monoisotopic (exact) mass is 190 g/mol. The summed E-state index contributed by atoms with van der Waals surface area (Å²) in [6.07, 6.45) is 1.61. The van der Waals surface area contributed by atoms with Crippen molar-refractivity contribution in [1.82, 2.24) is 4.98 Å². The Bertz CT molecular complexity index is 224. The zero-order valence-corrected chi connectivity index (χ0v) is 6.16. The van der Waals surface area contributed by atoms with Crippen molar-refractivity contribution in [3.8, 4) is 6.07 Å². The molecule has 0 aromatic carbocycles. The summed E-state index contributed by atoms with van der Waals surface area (Å²) in [5, 5.41) is 8.73. The van der Waals surface area contributed by atoms with Crippen molar-refractivity contribution in [2.45, 2.75) is 0 Å². The summed E-state index contributed by atoms with van der Waals surface area (Å²) in [4.78, 5) is 3.74. The SMILES string of the molecule is [15N]#[13C]c1ncc(Br)s1. The van der Waals surface area contributed by atoms with Crippen LogP contribution in [0.2, 0.25) is 0 Å². The van der Waals surface area contributed by atoms with E-state index in [1.54, 1.807) is 6.20 Å². The number of nitriles is 1. The number of hydrogen-bond donors (Lipinski definition) is 0. The second-order valence-corrected chi connectivity index (χ2v) is 3.49. The first-order valence-corrected chi connectivity index (χ1v) is 3.45. The quantitative estimate of drug-likeness (QED) is 0.462. The minimum atomic E-state index is 0.497. The molecular formula is C4HBrN2S. The number of rotatable bonds is 0. The van der Waals surface area contributed by atoms with E-state index < -0.39 is 0 Å². The van der Waals surface area contributed by atoms with E-state index in [-0.39, 0.29) is 0 Å². The molecule has 0 atom stereocenters. The molecule has 0 aliphatic rings. The number of nitrogens with zero attached hydrogens (tertiary/aromatic N) is 2. The lowest BCUT2D eigenvalue weighted by atomic mass is 11.0. The van der Waals surface area contributed by atoms with Gasteiger partial charge in [-0.2, -0.15) is 5.26 Å². The van der Waals surface area contributed by atoms with Gasteiger partial charge in [-0.1, -0.05) is 11.3 Å². The van der Waals surface area contributed by atoms with Crippen molar-refractivity contribution in [2.24, 2.45) is 0 Å². The Morgan fingerprint density at radius 2 is 2.62 bits per heavy atom. The van der Waals surface area contributed by atoms with Gasteiger partial charge in [-0.25, -0.2) is 4.98 Å². The van der Waals surface area contributed by atoms with Crippen LogP contribution >= 0.6 is 27.3 Å². The van der Waals surface area contributed by atoms with Crippen LogP contribution in [-0.2, 0) is 0 Å². The molecule has 0 bridgehead atoms. The largest absolute Gasteiger partial charge is 0.233 e. The predicted octanol–water partition coefficient (Wildman–Crippen LogP) is 1.78. The zero-order valence-electron chi connectivity index (χ0n) is 3.76.